The van der Waals surface area contributed by atoms with E-state index < -0.39 is 0 Å². The summed E-state index contributed by atoms with van der Waals surface area (Å²) in [6.45, 7) is 6.61. The van der Waals surface area contributed by atoms with E-state index in [0.29, 0.717) is 0 Å². The lowest BCUT2D eigenvalue weighted by atomic mass is 10.2. The summed E-state index contributed by atoms with van der Waals surface area (Å²) < 4.78 is 0. The van der Waals surface area contributed by atoms with Gasteiger partial charge in [0, 0.05) is 15.8 Å². The third kappa shape index (κ3) is 2.95. The molecule has 2 heteroatoms. The number of hydrogen-bond acceptors (Lipinski definition) is 2. The molecule has 0 heterocycles. The zero-order valence-electron chi connectivity index (χ0n) is 9.21. The lowest BCUT2D eigenvalue weighted by Gasteiger charge is -2.13. The third-order valence-corrected chi connectivity index (χ3v) is 4.12. The quantitative estimate of drug-likeness (QED) is 0.602. The van der Waals surface area contributed by atoms with Gasteiger partial charge in [0.25, 0.3) is 0 Å². The Morgan fingerprint density at radius 1 is 1.29 bits per heavy atom. The van der Waals surface area contributed by atoms with Gasteiger partial charge in [-0.25, -0.2) is 0 Å². The van der Waals surface area contributed by atoms with Gasteiger partial charge in [-0.15, -0.1) is 11.8 Å². The van der Waals surface area contributed by atoms with Gasteiger partial charge in [0.2, 0.25) is 0 Å². The average molecular weight is 209 g/mol. The van der Waals surface area contributed by atoms with Crippen LogP contribution < -0.4 is 5.73 Å². The monoisotopic (exact) mass is 209 g/mol. The van der Waals surface area contributed by atoms with Crippen LogP contribution in [0.25, 0.3) is 0 Å². The van der Waals surface area contributed by atoms with Crippen molar-refractivity contribution in [2.24, 2.45) is 0 Å². The van der Waals surface area contributed by atoms with Crippen LogP contribution >= 0.6 is 11.8 Å². The maximum Gasteiger partial charge on any atom is 0.0317 e. The number of aryl methyl sites for hydroxylation is 1. The van der Waals surface area contributed by atoms with Crippen molar-refractivity contribution in [1.29, 1.82) is 0 Å². The van der Waals surface area contributed by atoms with Crippen LogP contribution in [0.15, 0.2) is 23.1 Å². The highest BCUT2D eigenvalue weighted by atomic mass is 32.2. The predicted octanol–water partition coefficient (Wildman–Crippen LogP) is 3.86. The molecule has 0 bridgehead atoms. The van der Waals surface area contributed by atoms with Crippen molar-refractivity contribution in [3.05, 3.63) is 23.8 Å². The Kier molecular flexibility index (Phi) is 4.33. The molecule has 0 aliphatic heterocycles. The molecule has 0 atom stereocenters. The summed E-state index contributed by atoms with van der Waals surface area (Å²) in [5.74, 6) is 0. The molecule has 0 aliphatic carbocycles. The molecule has 1 rings (SSSR count). The van der Waals surface area contributed by atoms with Crippen LogP contribution in [0.1, 0.15) is 32.3 Å². The van der Waals surface area contributed by atoms with E-state index in [1.54, 1.807) is 0 Å². The normalized spacial score (nSPS) is 10.9. The highest BCUT2D eigenvalue weighted by molar-refractivity contribution is 8.00. The largest absolute Gasteiger partial charge is 0.399 e. The van der Waals surface area contributed by atoms with Crippen molar-refractivity contribution in [2.75, 3.05) is 5.73 Å². The summed E-state index contributed by atoms with van der Waals surface area (Å²) in [7, 11) is 0. The molecule has 0 saturated heterocycles. The van der Waals surface area contributed by atoms with Crippen molar-refractivity contribution in [3.63, 3.8) is 0 Å². The van der Waals surface area contributed by atoms with Crippen molar-refractivity contribution in [2.45, 2.75) is 43.8 Å². The summed E-state index contributed by atoms with van der Waals surface area (Å²) >= 11 is 1.97. The number of rotatable bonds is 4. The minimum atomic E-state index is 0.734. The molecular formula is C12H19NS. The Bertz CT molecular complexity index is 292. The minimum absolute atomic E-state index is 0.734. The molecule has 78 valence electrons. The number of nitrogens with two attached hydrogens (primary N) is 1. The first-order valence-electron chi connectivity index (χ1n) is 5.20. The Labute approximate surface area is 91.1 Å². The molecule has 0 amide bonds. The maximum atomic E-state index is 5.71. The fraction of sp³-hybridized carbons (Fsp3) is 0.500. The Balaban J connectivity index is 2.76. The molecule has 0 unspecified atom stereocenters. The zero-order valence-corrected chi connectivity index (χ0v) is 10.0. The topological polar surface area (TPSA) is 26.0 Å². The van der Waals surface area contributed by atoms with E-state index in [1.165, 1.54) is 23.3 Å². The molecule has 0 saturated carbocycles. The van der Waals surface area contributed by atoms with Crippen molar-refractivity contribution < 1.29 is 0 Å². The van der Waals surface area contributed by atoms with Crippen molar-refractivity contribution in [1.82, 2.24) is 0 Å². The van der Waals surface area contributed by atoms with E-state index in [9.17, 15) is 0 Å². The number of thioether (sulfide) groups is 1. The van der Waals surface area contributed by atoms with Gasteiger partial charge in [-0.2, -0.15) is 0 Å². The SMILES string of the molecule is CCC(CC)Sc1ccc(N)cc1C. The van der Waals surface area contributed by atoms with Crippen LogP contribution in [0, 0.1) is 6.92 Å². The molecule has 0 aromatic heterocycles. The molecule has 1 aromatic carbocycles. The summed E-state index contributed by atoms with van der Waals surface area (Å²) in [5.41, 5.74) is 7.87. The van der Waals surface area contributed by atoms with Gasteiger partial charge in [-0.05, 0) is 43.5 Å². The van der Waals surface area contributed by atoms with E-state index in [-0.39, 0.29) is 0 Å². The van der Waals surface area contributed by atoms with E-state index in [4.69, 9.17) is 5.73 Å². The number of hydrogen-bond donors (Lipinski definition) is 1. The molecular weight excluding hydrogens is 190 g/mol. The molecule has 1 aromatic rings. The van der Waals surface area contributed by atoms with Gasteiger partial charge in [0.15, 0.2) is 0 Å². The van der Waals surface area contributed by atoms with Crippen LogP contribution in [-0.4, -0.2) is 5.25 Å². The second kappa shape index (κ2) is 5.30. The molecule has 1 nitrogen and oxygen atoms in total. The lowest BCUT2D eigenvalue weighted by Crippen LogP contribution is -1.98. The summed E-state index contributed by atoms with van der Waals surface area (Å²) in [6.07, 6.45) is 2.45. The van der Waals surface area contributed by atoms with Crippen molar-refractivity contribution in [3.8, 4) is 0 Å². The Morgan fingerprint density at radius 2 is 1.93 bits per heavy atom. The molecule has 0 fully saturated rings. The molecule has 0 spiro atoms. The summed E-state index contributed by atoms with van der Waals surface area (Å²) in [5, 5.41) is 0.734. The Hall–Kier alpha value is -0.630. The van der Waals surface area contributed by atoms with Crippen LogP contribution in [0.3, 0.4) is 0 Å². The second-order valence-electron chi connectivity index (χ2n) is 3.58. The zero-order chi connectivity index (χ0) is 10.6. The average Bonchev–Trinajstić information content (AvgIpc) is 2.17. The van der Waals surface area contributed by atoms with E-state index in [0.717, 1.165) is 10.9 Å². The molecule has 2 N–H and O–H groups in total. The lowest BCUT2D eigenvalue weighted by molar-refractivity contribution is 0.792. The molecule has 0 aliphatic rings. The first-order valence-corrected chi connectivity index (χ1v) is 6.08. The van der Waals surface area contributed by atoms with Gasteiger partial charge in [-0.3, -0.25) is 0 Å². The molecule has 0 radical (unpaired) electrons. The van der Waals surface area contributed by atoms with Gasteiger partial charge in [0.05, 0.1) is 0 Å². The number of nitrogen functional groups attached to an aromatic ring is 1. The molecule has 14 heavy (non-hydrogen) atoms. The van der Waals surface area contributed by atoms with Gasteiger partial charge in [-0.1, -0.05) is 13.8 Å². The Morgan fingerprint density at radius 3 is 2.43 bits per heavy atom. The van der Waals surface area contributed by atoms with Crippen molar-refractivity contribution >= 4 is 17.4 Å². The minimum Gasteiger partial charge on any atom is -0.399 e. The predicted molar refractivity (Wildman–Crippen MR) is 65.8 cm³/mol. The van der Waals surface area contributed by atoms with Gasteiger partial charge in [0.1, 0.15) is 0 Å². The van der Waals surface area contributed by atoms with Crippen LogP contribution in [0.5, 0.6) is 0 Å². The van der Waals surface area contributed by atoms with E-state index >= 15 is 0 Å². The van der Waals surface area contributed by atoms with E-state index in [2.05, 4.69) is 26.8 Å². The standard InChI is InChI=1S/C12H19NS/c1-4-11(5-2)14-12-7-6-10(13)8-9(12)3/h6-8,11H,4-5,13H2,1-3H3. The fourth-order valence-electron chi connectivity index (χ4n) is 1.44. The first kappa shape index (κ1) is 11.4. The van der Waals surface area contributed by atoms with Crippen LogP contribution in [0.2, 0.25) is 0 Å². The maximum absolute atomic E-state index is 5.71. The first-order chi connectivity index (χ1) is 6.67. The van der Waals surface area contributed by atoms with Crippen LogP contribution in [0.4, 0.5) is 5.69 Å². The van der Waals surface area contributed by atoms with Crippen LogP contribution in [-0.2, 0) is 0 Å². The van der Waals surface area contributed by atoms with Gasteiger partial charge >= 0.3 is 0 Å². The second-order valence-corrected chi connectivity index (χ2v) is 4.92. The number of benzene rings is 1. The smallest absolute Gasteiger partial charge is 0.0317 e. The van der Waals surface area contributed by atoms with Gasteiger partial charge < -0.3 is 5.73 Å². The highest BCUT2D eigenvalue weighted by Crippen LogP contribution is 2.30. The fourth-order valence-corrected chi connectivity index (χ4v) is 2.52. The highest BCUT2D eigenvalue weighted by Gasteiger charge is 2.07. The van der Waals surface area contributed by atoms with E-state index in [1.807, 2.05) is 23.9 Å². The third-order valence-electron chi connectivity index (χ3n) is 2.40. The summed E-state index contributed by atoms with van der Waals surface area (Å²) in [6, 6.07) is 6.16. The number of anilines is 1. The summed E-state index contributed by atoms with van der Waals surface area (Å²) in [4.78, 5) is 1.37.